The van der Waals surface area contributed by atoms with E-state index in [0.717, 1.165) is 27.7 Å². The molecular formula is C23H19BO2. The lowest BCUT2D eigenvalue weighted by Crippen LogP contribution is -2.42. The Labute approximate surface area is 153 Å². The molecule has 26 heavy (non-hydrogen) atoms. The molecular weight excluding hydrogens is 319 g/mol. The van der Waals surface area contributed by atoms with Gasteiger partial charge in [0.1, 0.15) is 0 Å². The Morgan fingerprint density at radius 3 is 1.50 bits per heavy atom. The first-order chi connectivity index (χ1) is 12.6. The van der Waals surface area contributed by atoms with Crippen molar-refractivity contribution >= 4 is 34.1 Å². The summed E-state index contributed by atoms with van der Waals surface area (Å²) in [5, 5.41) is 4.60. The van der Waals surface area contributed by atoms with Crippen LogP contribution in [-0.4, -0.2) is 7.12 Å². The second-order valence-electron chi connectivity index (χ2n) is 7.13. The van der Waals surface area contributed by atoms with E-state index in [0.29, 0.717) is 0 Å². The number of hydrogen-bond acceptors (Lipinski definition) is 2. The molecule has 4 aromatic rings. The van der Waals surface area contributed by atoms with Crippen LogP contribution in [-0.2, 0) is 0 Å². The highest BCUT2D eigenvalue weighted by molar-refractivity contribution is 6.65. The van der Waals surface area contributed by atoms with E-state index >= 15 is 0 Å². The molecule has 126 valence electrons. The first-order valence-electron chi connectivity index (χ1n) is 8.98. The second-order valence-corrected chi connectivity index (χ2v) is 7.13. The van der Waals surface area contributed by atoms with Crippen molar-refractivity contribution in [1.82, 2.24) is 0 Å². The fraction of sp³-hybridized carbons (Fsp3) is 0.130. The zero-order valence-electron chi connectivity index (χ0n) is 15.2. The average molecular weight is 338 g/mol. The van der Waals surface area contributed by atoms with Gasteiger partial charge >= 0.3 is 7.12 Å². The minimum absolute atomic E-state index is 0.403. The summed E-state index contributed by atoms with van der Waals surface area (Å²) in [5.41, 5.74) is 4.79. The number of rotatable bonds is 1. The van der Waals surface area contributed by atoms with Crippen molar-refractivity contribution in [1.29, 1.82) is 0 Å². The predicted molar refractivity (Wildman–Crippen MR) is 109 cm³/mol. The molecule has 0 unspecified atom stereocenters. The van der Waals surface area contributed by atoms with Gasteiger partial charge in [0.2, 0.25) is 0 Å². The van der Waals surface area contributed by atoms with Gasteiger partial charge in [-0.15, -0.1) is 0 Å². The molecule has 0 fully saturated rings. The summed E-state index contributed by atoms with van der Waals surface area (Å²) >= 11 is 0. The van der Waals surface area contributed by atoms with E-state index in [4.69, 9.17) is 9.31 Å². The van der Waals surface area contributed by atoms with Crippen LogP contribution < -0.4 is 14.8 Å². The molecule has 0 saturated heterocycles. The van der Waals surface area contributed by atoms with Crippen LogP contribution in [0.1, 0.15) is 16.7 Å². The third-order valence-corrected chi connectivity index (χ3v) is 5.26. The Balaban J connectivity index is 1.76. The highest BCUT2D eigenvalue weighted by Crippen LogP contribution is 2.46. The molecule has 0 aromatic heterocycles. The van der Waals surface area contributed by atoms with Crippen molar-refractivity contribution in [3.05, 3.63) is 77.4 Å². The van der Waals surface area contributed by atoms with E-state index in [-0.39, 0.29) is 0 Å². The summed E-state index contributed by atoms with van der Waals surface area (Å²) in [6, 6.07) is 21.2. The largest absolute Gasteiger partial charge is 0.633 e. The molecule has 3 heteroatoms. The predicted octanol–water partition coefficient (Wildman–Crippen LogP) is 5.08. The maximum Gasteiger partial charge on any atom is 0.633 e. The molecule has 1 aliphatic heterocycles. The monoisotopic (exact) mass is 338 g/mol. The van der Waals surface area contributed by atoms with Gasteiger partial charge in [0.05, 0.1) is 0 Å². The molecule has 1 heterocycles. The van der Waals surface area contributed by atoms with Crippen molar-refractivity contribution in [3.8, 4) is 11.5 Å². The first kappa shape index (κ1) is 15.3. The fourth-order valence-corrected chi connectivity index (χ4v) is 4.23. The Morgan fingerprint density at radius 2 is 1.04 bits per heavy atom. The third kappa shape index (κ3) is 2.13. The van der Waals surface area contributed by atoms with Gasteiger partial charge in [-0.05, 0) is 42.7 Å². The summed E-state index contributed by atoms with van der Waals surface area (Å²) in [6.07, 6.45) is 0. The highest BCUT2D eigenvalue weighted by Gasteiger charge is 2.38. The van der Waals surface area contributed by atoms with Gasteiger partial charge in [0.25, 0.3) is 0 Å². The highest BCUT2D eigenvalue weighted by atomic mass is 16.6. The number of fused-ring (bicyclic) bond motifs is 6. The van der Waals surface area contributed by atoms with Gasteiger partial charge < -0.3 is 9.31 Å². The van der Waals surface area contributed by atoms with Crippen LogP contribution in [0.15, 0.2) is 60.7 Å². The second kappa shape index (κ2) is 5.53. The summed E-state index contributed by atoms with van der Waals surface area (Å²) < 4.78 is 12.8. The topological polar surface area (TPSA) is 18.5 Å². The Kier molecular flexibility index (Phi) is 3.26. The van der Waals surface area contributed by atoms with Gasteiger partial charge in [-0.1, -0.05) is 66.2 Å². The minimum atomic E-state index is -0.403. The molecule has 1 aliphatic rings. The van der Waals surface area contributed by atoms with E-state index < -0.39 is 7.12 Å². The van der Waals surface area contributed by atoms with Crippen LogP contribution in [0.5, 0.6) is 11.5 Å². The van der Waals surface area contributed by atoms with Crippen LogP contribution in [0, 0.1) is 20.8 Å². The first-order valence-corrected chi connectivity index (χ1v) is 8.98. The Bertz CT molecular complexity index is 1090. The van der Waals surface area contributed by atoms with Crippen LogP contribution in [0.3, 0.4) is 0 Å². The summed E-state index contributed by atoms with van der Waals surface area (Å²) in [7, 11) is -0.403. The van der Waals surface area contributed by atoms with Gasteiger partial charge in [0.15, 0.2) is 11.5 Å². The van der Waals surface area contributed by atoms with E-state index in [2.05, 4.69) is 81.4 Å². The van der Waals surface area contributed by atoms with Crippen molar-refractivity contribution in [3.63, 3.8) is 0 Å². The SMILES string of the molecule is Cc1cc(C)c(B2Oc3c(c4ccccc4c4ccccc34)O2)c(C)c1. The lowest BCUT2D eigenvalue weighted by atomic mass is 9.73. The van der Waals surface area contributed by atoms with E-state index in [1.165, 1.54) is 27.5 Å². The van der Waals surface area contributed by atoms with E-state index in [9.17, 15) is 0 Å². The molecule has 0 spiro atoms. The molecule has 0 N–H and O–H groups in total. The van der Waals surface area contributed by atoms with E-state index in [1.807, 2.05) is 0 Å². The van der Waals surface area contributed by atoms with Crippen molar-refractivity contribution in [2.24, 2.45) is 0 Å². The van der Waals surface area contributed by atoms with Crippen LogP contribution in [0.25, 0.3) is 21.5 Å². The van der Waals surface area contributed by atoms with E-state index in [1.54, 1.807) is 0 Å². The maximum atomic E-state index is 6.39. The third-order valence-electron chi connectivity index (χ3n) is 5.26. The lowest BCUT2D eigenvalue weighted by Gasteiger charge is -2.12. The van der Waals surface area contributed by atoms with Gasteiger partial charge in [0, 0.05) is 16.2 Å². The summed E-state index contributed by atoms with van der Waals surface area (Å²) in [6.45, 7) is 6.37. The molecule has 2 nitrogen and oxygen atoms in total. The quantitative estimate of drug-likeness (QED) is 0.356. The van der Waals surface area contributed by atoms with Gasteiger partial charge in [-0.25, -0.2) is 0 Å². The number of hydrogen-bond donors (Lipinski definition) is 0. The molecule has 0 saturated carbocycles. The lowest BCUT2D eigenvalue weighted by molar-refractivity contribution is 0.521. The molecule has 4 aromatic carbocycles. The molecule has 0 amide bonds. The zero-order chi connectivity index (χ0) is 17.8. The number of benzene rings is 4. The molecule has 0 aliphatic carbocycles. The molecule has 5 rings (SSSR count). The standard InChI is InChI=1S/C23H19BO2/c1-14-12-15(2)21(16(3)13-14)24-25-22-19-10-6-4-8-17(19)18-9-5-7-11-20(18)23(22)26-24/h4-13H,1-3H3. The Hall–Kier alpha value is -2.94. The van der Waals surface area contributed by atoms with Crippen molar-refractivity contribution in [2.45, 2.75) is 20.8 Å². The maximum absolute atomic E-state index is 6.39. The summed E-state index contributed by atoms with van der Waals surface area (Å²) in [5.74, 6) is 1.70. The zero-order valence-corrected chi connectivity index (χ0v) is 15.2. The van der Waals surface area contributed by atoms with Crippen LogP contribution in [0.4, 0.5) is 0 Å². The summed E-state index contributed by atoms with van der Waals surface area (Å²) in [4.78, 5) is 0. The van der Waals surface area contributed by atoms with Crippen LogP contribution >= 0.6 is 0 Å². The normalized spacial score (nSPS) is 13.0. The smallest absolute Gasteiger partial charge is 0.519 e. The van der Waals surface area contributed by atoms with Crippen LogP contribution in [0.2, 0.25) is 0 Å². The van der Waals surface area contributed by atoms with Gasteiger partial charge in [-0.2, -0.15) is 0 Å². The van der Waals surface area contributed by atoms with Gasteiger partial charge in [-0.3, -0.25) is 0 Å². The minimum Gasteiger partial charge on any atom is -0.519 e. The fourth-order valence-electron chi connectivity index (χ4n) is 4.23. The molecule has 0 atom stereocenters. The Morgan fingerprint density at radius 1 is 0.615 bits per heavy atom. The average Bonchev–Trinajstić information content (AvgIpc) is 3.06. The van der Waals surface area contributed by atoms with Crippen molar-refractivity contribution < 1.29 is 9.31 Å². The van der Waals surface area contributed by atoms with Crippen molar-refractivity contribution in [2.75, 3.05) is 0 Å². The molecule has 0 bridgehead atoms. The molecule has 0 radical (unpaired) electrons. The number of aryl methyl sites for hydroxylation is 3.